The van der Waals surface area contributed by atoms with Gasteiger partial charge in [-0.05, 0) is 42.9 Å². The Morgan fingerprint density at radius 2 is 1.85 bits per heavy atom. The molecule has 10 heteroatoms. The lowest BCUT2D eigenvalue weighted by Gasteiger charge is -2.34. The van der Waals surface area contributed by atoms with Gasteiger partial charge in [-0.3, -0.25) is 14.6 Å². The molecule has 3 aliphatic rings. The third-order valence-electron chi connectivity index (χ3n) is 6.95. The van der Waals surface area contributed by atoms with E-state index in [-0.39, 0.29) is 25.5 Å². The average molecular weight is 489 g/mol. The van der Waals surface area contributed by atoms with E-state index in [4.69, 9.17) is 10.1 Å². The Kier molecular flexibility index (Phi) is 7.49. The summed E-state index contributed by atoms with van der Waals surface area (Å²) in [5.41, 5.74) is 0.723. The first-order valence-corrected chi connectivity index (χ1v) is 13.4. The number of carbonyl (C=O) groups is 2. The Hall–Kier alpha value is -2.56. The van der Waals surface area contributed by atoms with Crippen LogP contribution in [0.3, 0.4) is 0 Å². The maximum Gasteiger partial charge on any atom is 0.253 e. The summed E-state index contributed by atoms with van der Waals surface area (Å²) in [6, 6.07) is 7.11. The van der Waals surface area contributed by atoms with E-state index in [1.165, 1.54) is 22.2 Å². The van der Waals surface area contributed by atoms with Crippen LogP contribution in [0.5, 0.6) is 0 Å². The van der Waals surface area contributed by atoms with Gasteiger partial charge in [0.25, 0.3) is 5.91 Å². The van der Waals surface area contributed by atoms with Gasteiger partial charge in [-0.25, -0.2) is 8.42 Å². The summed E-state index contributed by atoms with van der Waals surface area (Å²) in [6.45, 7) is 0.237. The van der Waals surface area contributed by atoms with Crippen LogP contribution in [0.4, 0.5) is 0 Å². The van der Waals surface area contributed by atoms with Gasteiger partial charge in [0.2, 0.25) is 15.9 Å². The average Bonchev–Trinajstić information content (AvgIpc) is 3.18. The minimum absolute atomic E-state index is 0.0871. The van der Waals surface area contributed by atoms with Crippen molar-refractivity contribution in [2.45, 2.75) is 57.0 Å². The van der Waals surface area contributed by atoms with Crippen molar-refractivity contribution in [3.8, 4) is 0 Å². The van der Waals surface area contributed by atoms with E-state index in [1.54, 1.807) is 24.3 Å². The smallest absolute Gasteiger partial charge is 0.253 e. The SMILES string of the molecule is O=C(CO)NCc1ccc(C=CS(=O)(=O)N2CCC3(CC2)N=C(C2CCCCC2)NC3=O)cc1. The highest BCUT2D eigenvalue weighted by Gasteiger charge is 2.48. The van der Waals surface area contributed by atoms with Crippen LogP contribution in [-0.2, 0) is 26.2 Å². The first kappa shape index (κ1) is 24.6. The number of hydrogen-bond donors (Lipinski definition) is 3. The molecule has 184 valence electrons. The van der Waals surface area contributed by atoms with Crippen molar-refractivity contribution < 1.29 is 23.1 Å². The molecule has 2 amide bonds. The first-order chi connectivity index (χ1) is 16.3. The van der Waals surface area contributed by atoms with Crippen LogP contribution in [-0.4, -0.2) is 60.7 Å². The van der Waals surface area contributed by atoms with Crippen molar-refractivity contribution in [3.63, 3.8) is 0 Å². The number of benzene rings is 1. The van der Waals surface area contributed by atoms with Gasteiger partial charge in [-0.1, -0.05) is 43.5 Å². The molecule has 0 bridgehead atoms. The quantitative estimate of drug-likeness (QED) is 0.536. The number of hydrogen-bond acceptors (Lipinski definition) is 6. The summed E-state index contributed by atoms with van der Waals surface area (Å²) in [4.78, 5) is 28.7. The van der Waals surface area contributed by atoms with Gasteiger partial charge in [0.1, 0.15) is 18.0 Å². The lowest BCUT2D eigenvalue weighted by atomic mass is 9.88. The standard InChI is InChI=1S/C24H32N4O5S/c29-17-21(30)25-16-19-8-6-18(7-9-19)10-15-34(32,33)28-13-11-24(12-14-28)23(31)26-22(27-24)20-4-2-1-3-5-20/h6-10,15,20,29H,1-5,11-14,16-17H2,(H,25,30)(H,26,27,31). The van der Waals surface area contributed by atoms with Gasteiger partial charge in [0, 0.05) is 31.0 Å². The summed E-state index contributed by atoms with van der Waals surface area (Å²) in [7, 11) is -3.63. The summed E-state index contributed by atoms with van der Waals surface area (Å²) in [6.07, 6.45) is 7.97. The minimum atomic E-state index is -3.63. The Morgan fingerprint density at radius 1 is 1.18 bits per heavy atom. The number of sulfonamides is 1. The molecule has 0 aromatic heterocycles. The fourth-order valence-electron chi connectivity index (χ4n) is 4.81. The van der Waals surface area contributed by atoms with E-state index in [0.29, 0.717) is 24.3 Å². The van der Waals surface area contributed by atoms with E-state index < -0.39 is 28.1 Å². The summed E-state index contributed by atoms with van der Waals surface area (Å²) in [5.74, 6) is 0.583. The maximum absolute atomic E-state index is 12.9. The number of amidine groups is 1. The second-order valence-corrected chi connectivity index (χ2v) is 11.1. The number of amides is 2. The molecule has 1 aromatic rings. The zero-order valence-electron chi connectivity index (χ0n) is 19.2. The third kappa shape index (κ3) is 5.56. The molecular formula is C24H32N4O5S. The van der Waals surface area contributed by atoms with Crippen LogP contribution in [0.25, 0.3) is 6.08 Å². The van der Waals surface area contributed by atoms with Gasteiger partial charge >= 0.3 is 0 Å². The number of aliphatic imine (C=N–C) groups is 1. The number of nitrogens with one attached hydrogen (secondary N) is 2. The van der Waals surface area contributed by atoms with Crippen molar-refractivity contribution in [1.29, 1.82) is 0 Å². The first-order valence-electron chi connectivity index (χ1n) is 11.9. The zero-order valence-corrected chi connectivity index (χ0v) is 20.0. The molecule has 1 spiro atoms. The van der Waals surface area contributed by atoms with Crippen molar-refractivity contribution in [2.75, 3.05) is 19.7 Å². The number of piperidine rings is 1. The second kappa shape index (κ2) is 10.4. The molecular weight excluding hydrogens is 456 g/mol. The van der Waals surface area contributed by atoms with E-state index in [0.717, 1.165) is 37.1 Å². The maximum atomic E-state index is 12.9. The molecule has 1 saturated heterocycles. The van der Waals surface area contributed by atoms with Crippen molar-refractivity contribution in [2.24, 2.45) is 10.9 Å². The molecule has 1 saturated carbocycles. The molecule has 1 aromatic carbocycles. The molecule has 0 unspecified atom stereocenters. The van der Waals surface area contributed by atoms with Crippen LogP contribution in [0.15, 0.2) is 34.7 Å². The summed E-state index contributed by atoms with van der Waals surface area (Å²) < 4.78 is 27.1. The normalized spacial score (nSPS) is 21.6. The molecule has 0 atom stereocenters. The van der Waals surface area contributed by atoms with Gasteiger partial charge in [-0.2, -0.15) is 4.31 Å². The van der Waals surface area contributed by atoms with Crippen molar-refractivity contribution >= 4 is 33.7 Å². The minimum Gasteiger partial charge on any atom is -0.387 e. The summed E-state index contributed by atoms with van der Waals surface area (Å²) >= 11 is 0. The van der Waals surface area contributed by atoms with Gasteiger partial charge < -0.3 is 15.7 Å². The Bertz CT molecular complexity index is 1070. The fraction of sp³-hybridized carbons (Fsp3) is 0.542. The molecule has 34 heavy (non-hydrogen) atoms. The monoisotopic (exact) mass is 488 g/mol. The number of aliphatic hydroxyl groups excluding tert-OH is 1. The van der Waals surface area contributed by atoms with E-state index in [1.807, 2.05) is 0 Å². The van der Waals surface area contributed by atoms with Crippen LogP contribution < -0.4 is 10.6 Å². The fourth-order valence-corrected chi connectivity index (χ4v) is 6.01. The Morgan fingerprint density at radius 3 is 2.50 bits per heavy atom. The van der Waals surface area contributed by atoms with Crippen LogP contribution in [0.2, 0.25) is 0 Å². The van der Waals surface area contributed by atoms with Crippen LogP contribution >= 0.6 is 0 Å². The topological polar surface area (TPSA) is 128 Å². The third-order valence-corrected chi connectivity index (χ3v) is 8.51. The Balaban J connectivity index is 1.34. The lowest BCUT2D eigenvalue weighted by Crippen LogP contribution is -2.50. The number of rotatable bonds is 7. The molecule has 2 fully saturated rings. The predicted octanol–water partition coefficient (Wildman–Crippen LogP) is 1.54. The largest absolute Gasteiger partial charge is 0.387 e. The van der Waals surface area contributed by atoms with Gasteiger partial charge in [0.05, 0.1) is 0 Å². The van der Waals surface area contributed by atoms with E-state index in [2.05, 4.69) is 10.6 Å². The highest BCUT2D eigenvalue weighted by molar-refractivity contribution is 7.92. The molecule has 2 heterocycles. The predicted molar refractivity (Wildman–Crippen MR) is 129 cm³/mol. The highest BCUT2D eigenvalue weighted by atomic mass is 32.2. The molecule has 0 radical (unpaired) electrons. The molecule has 3 N–H and O–H groups in total. The highest BCUT2D eigenvalue weighted by Crippen LogP contribution is 2.34. The number of carbonyl (C=O) groups excluding carboxylic acids is 2. The number of nitrogens with zero attached hydrogens (tertiary/aromatic N) is 2. The Labute approximate surface area is 200 Å². The molecule has 1 aliphatic carbocycles. The van der Waals surface area contributed by atoms with Gasteiger partial charge in [0.15, 0.2) is 0 Å². The molecule has 4 rings (SSSR count). The second-order valence-electron chi connectivity index (χ2n) is 9.24. The van der Waals surface area contributed by atoms with Crippen LogP contribution in [0, 0.1) is 5.92 Å². The van der Waals surface area contributed by atoms with E-state index in [9.17, 15) is 18.0 Å². The summed E-state index contributed by atoms with van der Waals surface area (Å²) in [5, 5.41) is 15.5. The van der Waals surface area contributed by atoms with Crippen molar-refractivity contribution in [3.05, 3.63) is 40.8 Å². The molecule has 2 aliphatic heterocycles. The number of aliphatic hydroxyl groups is 1. The van der Waals surface area contributed by atoms with Crippen molar-refractivity contribution in [1.82, 2.24) is 14.9 Å². The van der Waals surface area contributed by atoms with Crippen LogP contribution in [0.1, 0.15) is 56.1 Å². The lowest BCUT2D eigenvalue weighted by molar-refractivity contribution is -0.125. The van der Waals surface area contributed by atoms with Gasteiger partial charge in [-0.15, -0.1) is 0 Å². The zero-order chi connectivity index (χ0) is 24.2. The van der Waals surface area contributed by atoms with E-state index >= 15 is 0 Å². The molecule has 9 nitrogen and oxygen atoms in total.